The van der Waals surface area contributed by atoms with Crippen LogP contribution >= 0.6 is 11.3 Å². The van der Waals surface area contributed by atoms with Gasteiger partial charge in [0.1, 0.15) is 28.8 Å². The highest BCUT2D eigenvalue weighted by molar-refractivity contribution is 7.17. The van der Waals surface area contributed by atoms with Crippen LogP contribution in [0.5, 0.6) is 0 Å². The van der Waals surface area contributed by atoms with Crippen LogP contribution in [0.4, 0.5) is 24.5 Å². The Morgan fingerprint density at radius 3 is 2.62 bits per heavy atom. The molecule has 1 unspecified atom stereocenters. The largest absolute Gasteiger partial charge is 0.398 e. The lowest BCUT2D eigenvalue weighted by molar-refractivity contribution is 0.392. The van der Waals surface area contributed by atoms with E-state index in [0.717, 1.165) is 41.3 Å². The average molecular weight is 562 g/mol. The van der Waals surface area contributed by atoms with E-state index < -0.39 is 17.5 Å². The number of nitrogens with one attached hydrogen (secondary N) is 3. The highest BCUT2D eigenvalue weighted by Crippen LogP contribution is 2.47. The van der Waals surface area contributed by atoms with Gasteiger partial charge in [-0.2, -0.15) is 5.10 Å². The average Bonchev–Trinajstić information content (AvgIpc) is 3.52. The van der Waals surface area contributed by atoms with Gasteiger partial charge in [0.15, 0.2) is 0 Å². The molecule has 0 fully saturated rings. The molecular weight excluding hydrogens is 535 g/mol. The Bertz CT molecular complexity index is 1800. The third kappa shape index (κ3) is 4.13. The second-order valence-corrected chi connectivity index (χ2v) is 10.8. The molecule has 6 rings (SSSR count). The maximum absolute atomic E-state index is 15.7. The quantitative estimate of drug-likeness (QED) is 0.143. The van der Waals surface area contributed by atoms with Crippen molar-refractivity contribution >= 4 is 38.5 Å². The predicted molar refractivity (Wildman–Crippen MR) is 154 cm³/mol. The molecule has 1 atom stereocenters. The van der Waals surface area contributed by atoms with Gasteiger partial charge in [0.05, 0.1) is 22.1 Å². The van der Waals surface area contributed by atoms with E-state index in [0.29, 0.717) is 39.6 Å². The molecule has 0 aliphatic carbocycles. The molecule has 0 saturated carbocycles. The molecule has 1 aliphatic heterocycles. The van der Waals surface area contributed by atoms with Gasteiger partial charge in [-0.25, -0.2) is 18.2 Å². The molecule has 2 aromatic carbocycles. The predicted octanol–water partition coefficient (Wildman–Crippen LogP) is 6.59. The van der Waals surface area contributed by atoms with E-state index in [-0.39, 0.29) is 33.9 Å². The van der Waals surface area contributed by atoms with Crippen molar-refractivity contribution in [1.82, 2.24) is 20.1 Å². The van der Waals surface area contributed by atoms with E-state index in [9.17, 15) is 4.39 Å². The first-order valence-corrected chi connectivity index (χ1v) is 13.6. The lowest BCUT2D eigenvalue weighted by Gasteiger charge is -2.21. The van der Waals surface area contributed by atoms with Gasteiger partial charge in [0.25, 0.3) is 0 Å². The number of rotatable bonds is 5. The summed E-state index contributed by atoms with van der Waals surface area (Å²) in [6, 6.07) is 9.17. The molecule has 5 N–H and O–H groups in total. The number of nitrogens with zero attached hydrogens (tertiary/aromatic N) is 3. The van der Waals surface area contributed by atoms with Crippen LogP contribution in [0, 0.1) is 22.9 Å². The van der Waals surface area contributed by atoms with Crippen LogP contribution in [0.3, 0.4) is 0 Å². The zero-order valence-corrected chi connectivity index (χ0v) is 22.8. The molecule has 0 bridgehead atoms. The lowest BCUT2D eigenvalue weighted by atomic mass is 9.94. The van der Waals surface area contributed by atoms with Crippen LogP contribution in [0.1, 0.15) is 31.1 Å². The second-order valence-electron chi connectivity index (χ2n) is 9.90. The fourth-order valence-corrected chi connectivity index (χ4v) is 6.28. The van der Waals surface area contributed by atoms with Crippen molar-refractivity contribution in [3.63, 3.8) is 0 Å². The smallest absolute Gasteiger partial charge is 0.142 e. The number of anilines is 2. The molecule has 7 nitrogen and oxygen atoms in total. The van der Waals surface area contributed by atoms with Crippen molar-refractivity contribution in [3.05, 3.63) is 70.5 Å². The van der Waals surface area contributed by atoms with E-state index in [1.54, 1.807) is 14.0 Å². The van der Waals surface area contributed by atoms with Crippen molar-refractivity contribution in [2.24, 2.45) is 0 Å². The Hall–Kier alpha value is -4.22. The fourth-order valence-electron chi connectivity index (χ4n) is 5.35. The van der Waals surface area contributed by atoms with Crippen molar-refractivity contribution in [1.29, 1.82) is 5.41 Å². The maximum Gasteiger partial charge on any atom is 0.142 e. The summed E-state index contributed by atoms with van der Waals surface area (Å²) in [5.41, 5.74) is 10.6. The van der Waals surface area contributed by atoms with Crippen LogP contribution in [-0.4, -0.2) is 34.1 Å². The molecule has 40 heavy (non-hydrogen) atoms. The standard InChI is InChI=1S/C29H26F3N7S/c1-13-10-36-11-17-9-23(38-39(13)17)28-26(24-19(31)7-16(30)8-21(24)34)25-20(32)12-40-29(25)27(37-28)15-4-5-18(14(2)33)22(6-15)35-3/h4-9,12-13,33,35-36H,10-11,34H2,1-3H3. The Kier molecular flexibility index (Phi) is 6.35. The van der Waals surface area contributed by atoms with Gasteiger partial charge < -0.3 is 21.8 Å². The molecule has 4 heterocycles. The van der Waals surface area contributed by atoms with Crippen LogP contribution < -0.4 is 16.4 Å². The topological polar surface area (TPSA) is 105 Å². The van der Waals surface area contributed by atoms with Gasteiger partial charge in [0.2, 0.25) is 0 Å². The number of hydrogen-bond acceptors (Lipinski definition) is 7. The van der Waals surface area contributed by atoms with E-state index in [4.69, 9.17) is 21.2 Å². The van der Waals surface area contributed by atoms with Crippen LogP contribution in [-0.2, 0) is 6.54 Å². The van der Waals surface area contributed by atoms with E-state index in [1.807, 2.05) is 35.9 Å². The van der Waals surface area contributed by atoms with Crippen LogP contribution in [0.2, 0.25) is 0 Å². The Morgan fingerprint density at radius 1 is 1.12 bits per heavy atom. The summed E-state index contributed by atoms with van der Waals surface area (Å²) in [4.78, 5) is 5.00. The third-order valence-electron chi connectivity index (χ3n) is 7.19. The van der Waals surface area contributed by atoms with Gasteiger partial charge in [-0.3, -0.25) is 4.68 Å². The lowest BCUT2D eigenvalue weighted by Crippen LogP contribution is -2.31. The molecule has 0 radical (unpaired) electrons. The summed E-state index contributed by atoms with van der Waals surface area (Å²) < 4.78 is 47.6. The summed E-state index contributed by atoms with van der Waals surface area (Å²) >= 11 is 1.14. The number of hydrogen-bond donors (Lipinski definition) is 4. The number of benzene rings is 2. The third-order valence-corrected chi connectivity index (χ3v) is 8.15. The summed E-state index contributed by atoms with van der Waals surface area (Å²) in [7, 11) is 1.76. The van der Waals surface area contributed by atoms with Crippen molar-refractivity contribution in [2.45, 2.75) is 26.4 Å². The minimum absolute atomic E-state index is 0.0600. The van der Waals surface area contributed by atoms with E-state index in [2.05, 4.69) is 10.6 Å². The zero-order chi connectivity index (χ0) is 28.3. The SMILES string of the molecule is CNc1cc(-c2nc(-c3cc4n(n3)C(C)CNC4)c(-c3c(N)cc(F)cc3F)c3c(F)csc23)ccc1C(C)=N. The number of aromatic nitrogens is 3. The Balaban J connectivity index is 1.72. The monoisotopic (exact) mass is 561 g/mol. The molecule has 0 amide bonds. The molecule has 5 aromatic rings. The Morgan fingerprint density at radius 2 is 1.93 bits per heavy atom. The van der Waals surface area contributed by atoms with Gasteiger partial charge in [-0.15, -0.1) is 11.3 Å². The van der Waals surface area contributed by atoms with Crippen LogP contribution in [0.15, 0.2) is 41.8 Å². The van der Waals surface area contributed by atoms with Crippen molar-refractivity contribution in [2.75, 3.05) is 24.6 Å². The van der Waals surface area contributed by atoms with Gasteiger partial charge in [0, 0.05) is 76.3 Å². The maximum atomic E-state index is 15.7. The van der Waals surface area contributed by atoms with Gasteiger partial charge in [-0.1, -0.05) is 12.1 Å². The minimum atomic E-state index is -0.914. The van der Waals surface area contributed by atoms with Crippen molar-refractivity contribution < 1.29 is 13.2 Å². The molecule has 0 spiro atoms. The first-order valence-electron chi connectivity index (χ1n) is 12.7. The molecule has 3 aromatic heterocycles. The number of thiophene rings is 1. The first kappa shape index (κ1) is 26.0. The number of halogens is 3. The highest BCUT2D eigenvalue weighted by Gasteiger charge is 2.28. The van der Waals surface area contributed by atoms with Crippen molar-refractivity contribution in [3.8, 4) is 33.8 Å². The van der Waals surface area contributed by atoms with E-state index in [1.165, 1.54) is 5.38 Å². The molecular formula is C29H26F3N7S. The number of pyridine rings is 1. The summed E-state index contributed by atoms with van der Waals surface area (Å²) in [6.07, 6.45) is 0. The zero-order valence-electron chi connectivity index (χ0n) is 22.0. The van der Waals surface area contributed by atoms with Gasteiger partial charge >= 0.3 is 0 Å². The summed E-state index contributed by atoms with van der Waals surface area (Å²) in [6.45, 7) is 5.03. The number of nitrogens with two attached hydrogens (primary N) is 1. The molecule has 11 heteroatoms. The fraction of sp³-hybridized carbons (Fsp3) is 0.207. The van der Waals surface area contributed by atoms with E-state index >= 15 is 8.78 Å². The second kappa shape index (κ2) is 9.76. The molecule has 204 valence electrons. The summed E-state index contributed by atoms with van der Waals surface area (Å²) in [5, 5.41) is 20.9. The number of nitrogen functional groups attached to an aromatic ring is 1. The normalized spacial score (nSPS) is 14.9. The highest BCUT2D eigenvalue weighted by atomic mass is 32.1. The first-order chi connectivity index (χ1) is 19.2. The minimum Gasteiger partial charge on any atom is -0.398 e. The summed E-state index contributed by atoms with van der Waals surface area (Å²) in [5.74, 6) is -2.31. The number of fused-ring (bicyclic) bond motifs is 2. The van der Waals surface area contributed by atoms with Gasteiger partial charge in [-0.05, 0) is 32.0 Å². The molecule has 1 aliphatic rings. The molecule has 0 saturated heterocycles. The Labute approximate surface area is 232 Å². The van der Waals surface area contributed by atoms with Crippen LogP contribution in [0.25, 0.3) is 43.9 Å².